The number of anilines is 3. The van der Waals surface area contributed by atoms with Gasteiger partial charge < -0.3 is 21.1 Å². The highest BCUT2D eigenvalue weighted by Gasteiger charge is 2.21. The minimum absolute atomic E-state index is 0.200. The third-order valence-corrected chi connectivity index (χ3v) is 2.76. The largest absolute Gasteiger partial charge is 0.383 e. The van der Waals surface area contributed by atoms with Crippen LogP contribution in [0.3, 0.4) is 0 Å². The lowest BCUT2D eigenvalue weighted by molar-refractivity contribution is 0.131. The fourth-order valence-electron chi connectivity index (χ4n) is 1.52. The summed E-state index contributed by atoms with van der Waals surface area (Å²) in [6.45, 7) is 2.33. The first-order valence-electron chi connectivity index (χ1n) is 5.84. The summed E-state index contributed by atoms with van der Waals surface area (Å²) in [6, 6.07) is 1.71. The van der Waals surface area contributed by atoms with Gasteiger partial charge in [0.2, 0.25) is 5.95 Å². The molecule has 1 saturated carbocycles. The van der Waals surface area contributed by atoms with Crippen molar-refractivity contribution in [1.82, 2.24) is 9.97 Å². The highest BCUT2D eigenvalue weighted by Crippen LogP contribution is 2.28. The molecule has 4 N–H and O–H groups in total. The molecule has 0 amide bonds. The van der Waals surface area contributed by atoms with Crippen LogP contribution in [-0.4, -0.2) is 36.8 Å². The van der Waals surface area contributed by atoms with Crippen molar-refractivity contribution in [1.29, 1.82) is 0 Å². The quantitative estimate of drug-likeness (QED) is 0.700. The van der Waals surface area contributed by atoms with Gasteiger partial charge in [-0.2, -0.15) is 9.97 Å². The third-order valence-electron chi connectivity index (χ3n) is 2.76. The minimum Gasteiger partial charge on any atom is -0.383 e. The molecule has 17 heavy (non-hydrogen) atoms. The predicted octanol–water partition coefficient (Wildman–Crippen LogP) is 0.504. The SMILES string of the molecule is CN(CCOCC1CC1)c1cc(N)nc(N)n1. The summed E-state index contributed by atoms with van der Waals surface area (Å²) < 4.78 is 5.56. The Morgan fingerprint density at radius 2 is 2.18 bits per heavy atom. The second-order valence-corrected chi connectivity index (χ2v) is 4.45. The minimum atomic E-state index is 0.200. The van der Waals surface area contributed by atoms with Crippen molar-refractivity contribution in [3.63, 3.8) is 0 Å². The lowest BCUT2D eigenvalue weighted by atomic mass is 10.4. The van der Waals surface area contributed by atoms with Gasteiger partial charge in [-0.25, -0.2) is 0 Å². The van der Waals surface area contributed by atoms with Crippen LogP contribution < -0.4 is 16.4 Å². The highest BCUT2D eigenvalue weighted by atomic mass is 16.5. The lowest BCUT2D eigenvalue weighted by Gasteiger charge is -2.18. The van der Waals surface area contributed by atoms with Gasteiger partial charge in [0.1, 0.15) is 11.6 Å². The van der Waals surface area contributed by atoms with E-state index in [0.717, 1.165) is 24.9 Å². The molecule has 0 radical (unpaired) electrons. The van der Waals surface area contributed by atoms with Crippen LogP contribution in [-0.2, 0) is 4.74 Å². The van der Waals surface area contributed by atoms with Crippen LogP contribution in [0.25, 0.3) is 0 Å². The van der Waals surface area contributed by atoms with Gasteiger partial charge in [0.05, 0.1) is 6.61 Å². The normalized spacial score (nSPS) is 14.9. The van der Waals surface area contributed by atoms with Crippen LogP contribution in [0.4, 0.5) is 17.6 Å². The molecule has 0 saturated heterocycles. The zero-order valence-electron chi connectivity index (χ0n) is 10.1. The Kier molecular flexibility index (Phi) is 3.63. The maximum Gasteiger partial charge on any atom is 0.223 e. The standard InChI is InChI=1S/C11H19N5O/c1-16(4-5-17-7-8-2-3-8)10-6-9(12)14-11(13)15-10/h6,8H,2-5,7H2,1H3,(H4,12,13,14,15). The Morgan fingerprint density at radius 3 is 2.82 bits per heavy atom. The summed E-state index contributed by atoms with van der Waals surface area (Å²) in [5.41, 5.74) is 11.2. The number of nitrogens with zero attached hydrogens (tertiary/aromatic N) is 3. The summed E-state index contributed by atoms with van der Waals surface area (Å²) in [5.74, 6) is 2.11. The molecule has 1 heterocycles. The Hall–Kier alpha value is -1.56. The fraction of sp³-hybridized carbons (Fsp3) is 0.636. The maximum absolute atomic E-state index is 5.61. The molecule has 6 heteroatoms. The number of ether oxygens (including phenoxy) is 1. The predicted molar refractivity (Wildman–Crippen MR) is 67.7 cm³/mol. The van der Waals surface area contributed by atoms with E-state index in [4.69, 9.17) is 16.2 Å². The summed E-state index contributed by atoms with van der Waals surface area (Å²) in [6.07, 6.45) is 2.63. The molecule has 1 aliphatic rings. The van der Waals surface area contributed by atoms with Gasteiger partial charge in [-0.3, -0.25) is 0 Å². The first-order valence-corrected chi connectivity index (χ1v) is 5.84. The number of hydrogen-bond donors (Lipinski definition) is 2. The molecule has 6 nitrogen and oxygen atoms in total. The average molecular weight is 237 g/mol. The Balaban J connectivity index is 1.78. The van der Waals surface area contributed by atoms with Crippen LogP contribution >= 0.6 is 0 Å². The van der Waals surface area contributed by atoms with E-state index in [-0.39, 0.29) is 5.95 Å². The van der Waals surface area contributed by atoms with E-state index in [9.17, 15) is 0 Å². The van der Waals surface area contributed by atoms with Crippen LogP contribution in [0.1, 0.15) is 12.8 Å². The maximum atomic E-state index is 5.61. The van der Waals surface area contributed by atoms with Crippen LogP contribution in [0.15, 0.2) is 6.07 Å². The van der Waals surface area contributed by atoms with Crippen molar-refractivity contribution >= 4 is 17.6 Å². The van der Waals surface area contributed by atoms with Gasteiger partial charge in [-0.15, -0.1) is 0 Å². The topological polar surface area (TPSA) is 90.3 Å². The van der Waals surface area contributed by atoms with Crippen LogP contribution in [0, 0.1) is 5.92 Å². The first-order chi connectivity index (χ1) is 8.15. The number of hydrogen-bond acceptors (Lipinski definition) is 6. The Bertz CT molecular complexity index is 360. The number of nitrogen functional groups attached to an aromatic ring is 2. The van der Waals surface area contributed by atoms with Crippen molar-refractivity contribution in [2.45, 2.75) is 12.8 Å². The monoisotopic (exact) mass is 237 g/mol. The molecule has 0 unspecified atom stereocenters. The van der Waals surface area contributed by atoms with E-state index < -0.39 is 0 Å². The van der Waals surface area contributed by atoms with E-state index in [1.165, 1.54) is 12.8 Å². The summed E-state index contributed by atoms with van der Waals surface area (Å²) in [7, 11) is 1.93. The van der Waals surface area contributed by atoms with E-state index in [1.807, 2.05) is 11.9 Å². The molecule has 0 bridgehead atoms. The summed E-state index contributed by atoms with van der Waals surface area (Å²) >= 11 is 0. The first kappa shape index (κ1) is 11.9. The number of nitrogens with two attached hydrogens (primary N) is 2. The molecule has 1 aromatic heterocycles. The van der Waals surface area contributed by atoms with Crippen molar-refractivity contribution in [3.05, 3.63) is 6.07 Å². The zero-order chi connectivity index (χ0) is 12.3. The van der Waals surface area contributed by atoms with Gasteiger partial charge in [0.15, 0.2) is 0 Å². The van der Waals surface area contributed by atoms with E-state index in [1.54, 1.807) is 6.07 Å². The molecule has 1 aliphatic carbocycles. The third kappa shape index (κ3) is 3.74. The molecule has 1 aromatic rings. The van der Waals surface area contributed by atoms with Crippen molar-refractivity contribution in [3.8, 4) is 0 Å². The molecule has 0 aromatic carbocycles. The fourth-order valence-corrected chi connectivity index (χ4v) is 1.52. The number of aromatic nitrogens is 2. The van der Waals surface area contributed by atoms with Gasteiger partial charge in [0.25, 0.3) is 0 Å². The molecular weight excluding hydrogens is 218 g/mol. The van der Waals surface area contributed by atoms with Crippen LogP contribution in [0.5, 0.6) is 0 Å². The van der Waals surface area contributed by atoms with E-state index in [2.05, 4.69) is 9.97 Å². The van der Waals surface area contributed by atoms with Crippen molar-refractivity contribution in [2.75, 3.05) is 43.2 Å². The van der Waals surface area contributed by atoms with Gasteiger partial charge in [0, 0.05) is 26.3 Å². The smallest absolute Gasteiger partial charge is 0.223 e. The van der Waals surface area contributed by atoms with Crippen molar-refractivity contribution in [2.24, 2.45) is 5.92 Å². The molecule has 0 spiro atoms. The zero-order valence-corrected chi connectivity index (χ0v) is 10.1. The van der Waals surface area contributed by atoms with Gasteiger partial charge in [-0.1, -0.05) is 0 Å². The summed E-state index contributed by atoms with van der Waals surface area (Å²) in [4.78, 5) is 9.91. The summed E-state index contributed by atoms with van der Waals surface area (Å²) in [5, 5.41) is 0. The average Bonchev–Trinajstić information content (AvgIpc) is 3.06. The second kappa shape index (κ2) is 5.18. The number of rotatable bonds is 6. The van der Waals surface area contributed by atoms with E-state index >= 15 is 0 Å². The lowest BCUT2D eigenvalue weighted by Crippen LogP contribution is -2.24. The molecule has 0 aliphatic heterocycles. The molecule has 1 fully saturated rings. The van der Waals surface area contributed by atoms with Gasteiger partial charge >= 0.3 is 0 Å². The van der Waals surface area contributed by atoms with Crippen molar-refractivity contribution < 1.29 is 4.74 Å². The molecule has 2 rings (SSSR count). The molecule has 0 atom stereocenters. The Morgan fingerprint density at radius 1 is 1.41 bits per heavy atom. The second-order valence-electron chi connectivity index (χ2n) is 4.45. The van der Waals surface area contributed by atoms with E-state index in [0.29, 0.717) is 12.4 Å². The molecular formula is C11H19N5O. The Labute approximate surface area is 101 Å². The van der Waals surface area contributed by atoms with Gasteiger partial charge in [-0.05, 0) is 18.8 Å². The highest BCUT2D eigenvalue weighted by molar-refractivity contribution is 5.49. The number of likely N-dealkylation sites (N-methyl/N-ethyl adjacent to an activating group) is 1. The van der Waals surface area contributed by atoms with Crippen LogP contribution in [0.2, 0.25) is 0 Å². The molecule has 94 valence electrons.